The van der Waals surface area contributed by atoms with Gasteiger partial charge in [0.05, 0.1) is 5.02 Å². The van der Waals surface area contributed by atoms with Crippen LogP contribution in [0.3, 0.4) is 0 Å². The Kier molecular flexibility index (Phi) is 3.49. The molecule has 2 aromatic rings. The van der Waals surface area contributed by atoms with E-state index >= 15 is 0 Å². The molecule has 0 N–H and O–H groups in total. The Labute approximate surface area is 106 Å². The van der Waals surface area contributed by atoms with Crippen LogP contribution in [0.15, 0.2) is 42.5 Å². The number of hydrogen-bond acceptors (Lipinski definition) is 0. The Morgan fingerprint density at radius 3 is 2.18 bits per heavy atom. The molecule has 0 saturated carbocycles. The van der Waals surface area contributed by atoms with E-state index in [0.717, 1.165) is 5.56 Å². The fourth-order valence-corrected chi connectivity index (χ4v) is 2.08. The van der Waals surface area contributed by atoms with Crippen molar-refractivity contribution in [3.63, 3.8) is 0 Å². The highest BCUT2D eigenvalue weighted by molar-refractivity contribution is 6.33. The van der Waals surface area contributed by atoms with E-state index in [4.69, 9.17) is 11.6 Å². The SMILES string of the molecule is CC(C)c1ccc(-c2c(F)cccc2Cl)cc1. The predicted molar refractivity (Wildman–Crippen MR) is 70.9 cm³/mol. The third-order valence-electron chi connectivity index (χ3n) is 2.83. The van der Waals surface area contributed by atoms with Gasteiger partial charge in [-0.25, -0.2) is 4.39 Å². The lowest BCUT2D eigenvalue weighted by atomic mass is 9.98. The van der Waals surface area contributed by atoms with Crippen LogP contribution in [0.5, 0.6) is 0 Å². The molecule has 0 bridgehead atoms. The Morgan fingerprint density at radius 2 is 1.65 bits per heavy atom. The van der Waals surface area contributed by atoms with Crippen molar-refractivity contribution in [1.29, 1.82) is 0 Å². The maximum atomic E-state index is 13.7. The molecule has 2 aromatic carbocycles. The molecule has 0 aliphatic rings. The molecule has 0 saturated heterocycles. The first-order valence-corrected chi connectivity index (χ1v) is 6.01. The second-order valence-corrected chi connectivity index (χ2v) is 4.78. The lowest BCUT2D eigenvalue weighted by molar-refractivity contribution is 0.631. The summed E-state index contributed by atoms with van der Waals surface area (Å²) in [6, 6.07) is 12.6. The highest BCUT2D eigenvalue weighted by Crippen LogP contribution is 2.31. The number of hydrogen-bond donors (Lipinski definition) is 0. The molecule has 0 fully saturated rings. The molecule has 0 aliphatic heterocycles. The van der Waals surface area contributed by atoms with Gasteiger partial charge >= 0.3 is 0 Å². The zero-order valence-corrected chi connectivity index (χ0v) is 10.6. The standard InChI is InChI=1S/C15H14ClF/c1-10(2)11-6-8-12(9-7-11)15-13(16)4-3-5-14(15)17/h3-10H,1-2H3. The van der Waals surface area contributed by atoms with Gasteiger partial charge in [-0.2, -0.15) is 0 Å². The van der Waals surface area contributed by atoms with Crippen LogP contribution in [0.1, 0.15) is 25.3 Å². The first-order valence-electron chi connectivity index (χ1n) is 5.64. The molecule has 0 atom stereocenters. The molecular weight excluding hydrogens is 235 g/mol. The van der Waals surface area contributed by atoms with Crippen LogP contribution in [-0.4, -0.2) is 0 Å². The van der Waals surface area contributed by atoms with Crippen molar-refractivity contribution in [1.82, 2.24) is 0 Å². The monoisotopic (exact) mass is 248 g/mol. The average molecular weight is 249 g/mol. The van der Waals surface area contributed by atoms with Gasteiger partial charge < -0.3 is 0 Å². The molecule has 0 amide bonds. The minimum atomic E-state index is -0.283. The lowest BCUT2D eigenvalue weighted by Gasteiger charge is -2.09. The number of benzene rings is 2. The maximum absolute atomic E-state index is 13.7. The molecule has 0 nitrogen and oxygen atoms in total. The summed E-state index contributed by atoms with van der Waals surface area (Å²) in [7, 11) is 0. The van der Waals surface area contributed by atoms with Crippen molar-refractivity contribution in [2.24, 2.45) is 0 Å². The summed E-state index contributed by atoms with van der Waals surface area (Å²) in [5.74, 6) is 0.190. The maximum Gasteiger partial charge on any atom is 0.132 e. The van der Waals surface area contributed by atoms with Crippen molar-refractivity contribution >= 4 is 11.6 Å². The summed E-state index contributed by atoms with van der Waals surface area (Å²) in [5.41, 5.74) is 2.53. The largest absolute Gasteiger partial charge is 0.206 e. The van der Waals surface area contributed by atoms with E-state index in [9.17, 15) is 4.39 Å². The second-order valence-electron chi connectivity index (χ2n) is 4.37. The molecule has 0 spiro atoms. The molecule has 2 rings (SSSR count). The molecule has 0 aliphatic carbocycles. The third kappa shape index (κ3) is 2.50. The molecule has 17 heavy (non-hydrogen) atoms. The van der Waals surface area contributed by atoms with Gasteiger partial charge in [0.15, 0.2) is 0 Å². The molecular formula is C15H14ClF. The first-order chi connectivity index (χ1) is 8.09. The smallest absolute Gasteiger partial charge is 0.132 e. The summed E-state index contributed by atoms with van der Waals surface area (Å²) in [6.45, 7) is 4.26. The van der Waals surface area contributed by atoms with Crippen molar-refractivity contribution < 1.29 is 4.39 Å². The van der Waals surface area contributed by atoms with Crippen LogP contribution in [0.4, 0.5) is 4.39 Å². The Balaban J connectivity index is 2.47. The minimum Gasteiger partial charge on any atom is -0.206 e. The van der Waals surface area contributed by atoms with Gasteiger partial charge in [0.25, 0.3) is 0 Å². The van der Waals surface area contributed by atoms with Crippen molar-refractivity contribution in [2.75, 3.05) is 0 Å². The molecule has 0 heterocycles. The van der Waals surface area contributed by atoms with Crippen LogP contribution in [0.2, 0.25) is 5.02 Å². The van der Waals surface area contributed by atoms with Crippen LogP contribution in [-0.2, 0) is 0 Å². The Hall–Kier alpha value is -1.34. The normalized spacial score (nSPS) is 10.9. The van der Waals surface area contributed by atoms with Gasteiger partial charge in [-0.15, -0.1) is 0 Å². The van der Waals surface area contributed by atoms with Crippen LogP contribution < -0.4 is 0 Å². The fourth-order valence-electron chi connectivity index (χ4n) is 1.81. The Bertz CT molecular complexity index is 495. The summed E-state index contributed by atoms with van der Waals surface area (Å²) >= 11 is 6.03. The second kappa shape index (κ2) is 4.89. The third-order valence-corrected chi connectivity index (χ3v) is 3.14. The average Bonchev–Trinajstić information content (AvgIpc) is 2.29. The lowest BCUT2D eigenvalue weighted by Crippen LogP contribution is -1.89. The van der Waals surface area contributed by atoms with Crippen molar-refractivity contribution in [3.8, 4) is 11.1 Å². The molecule has 0 aromatic heterocycles. The fraction of sp³-hybridized carbons (Fsp3) is 0.200. The number of rotatable bonds is 2. The van der Waals surface area contributed by atoms with E-state index in [1.807, 2.05) is 24.3 Å². The van der Waals surface area contributed by atoms with Crippen molar-refractivity contribution in [3.05, 3.63) is 58.9 Å². The van der Waals surface area contributed by atoms with Gasteiger partial charge in [0.2, 0.25) is 0 Å². The van der Waals surface area contributed by atoms with Crippen LogP contribution >= 0.6 is 11.6 Å². The van der Waals surface area contributed by atoms with Gasteiger partial charge in [0, 0.05) is 5.56 Å². The molecule has 0 unspecified atom stereocenters. The van der Waals surface area contributed by atoms with Gasteiger partial charge in [0.1, 0.15) is 5.82 Å². The van der Waals surface area contributed by atoms with Crippen LogP contribution in [0.25, 0.3) is 11.1 Å². The topological polar surface area (TPSA) is 0 Å². The summed E-state index contributed by atoms with van der Waals surface area (Å²) in [4.78, 5) is 0. The van der Waals surface area contributed by atoms with E-state index in [0.29, 0.717) is 16.5 Å². The zero-order chi connectivity index (χ0) is 12.4. The van der Waals surface area contributed by atoms with E-state index in [1.54, 1.807) is 12.1 Å². The van der Waals surface area contributed by atoms with E-state index < -0.39 is 0 Å². The summed E-state index contributed by atoms with van der Waals surface area (Å²) in [6.07, 6.45) is 0. The van der Waals surface area contributed by atoms with Gasteiger partial charge in [-0.3, -0.25) is 0 Å². The Morgan fingerprint density at radius 1 is 1.00 bits per heavy atom. The van der Waals surface area contributed by atoms with E-state index in [2.05, 4.69) is 13.8 Å². The minimum absolute atomic E-state index is 0.283. The summed E-state index contributed by atoms with van der Waals surface area (Å²) in [5, 5.41) is 0.447. The zero-order valence-electron chi connectivity index (χ0n) is 9.87. The highest BCUT2D eigenvalue weighted by Gasteiger charge is 2.09. The van der Waals surface area contributed by atoms with E-state index in [1.165, 1.54) is 11.6 Å². The predicted octanol–water partition coefficient (Wildman–Crippen LogP) is 5.27. The highest BCUT2D eigenvalue weighted by atomic mass is 35.5. The first kappa shape index (κ1) is 12.1. The van der Waals surface area contributed by atoms with Crippen molar-refractivity contribution in [2.45, 2.75) is 19.8 Å². The number of halogens is 2. The molecule has 88 valence electrons. The van der Waals surface area contributed by atoms with E-state index in [-0.39, 0.29) is 5.82 Å². The molecule has 2 heteroatoms. The quantitative estimate of drug-likeness (QED) is 0.679. The molecule has 0 radical (unpaired) electrons. The van der Waals surface area contributed by atoms with Gasteiger partial charge in [-0.1, -0.05) is 55.8 Å². The van der Waals surface area contributed by atoms with Gasteiger partial charge in [-0.05, 0) is 29.2 Å². The summed E-state index contributed by atoms with van der Waals surface area (Å²) < 4.78 is 13.7. The van der Waals surface area contributed by atoms with Crippen LogP contribution in [0, 0.1) is 5.82 Å².